The number of rotatable bonds is 4. The number of hydrogen-bond donors (Lipinski definition) is 2. The second-order valence-electron chi connectivity index (χ2n) is 3.72. The number of halogens is 1. The molecule has 94 valence electrons. The highest BCUT2D eigenvalue weighted by atomic mass is 19.1. The molecule has 0 aliphatic carbocycles. The fourth-order valence-electron chi connectivity index (χ4n) is 1.53. The van der Waals surface area contributed by atoms with Crippen molar-refractivity contribution in [1.29, 1.82) is 0 Å². The molecule has 0 unspecified atom stereocenters. The molecule has 2 aromatic heterocycles. The zero-order valence-electron chi connectivity index (χ0n) is 9.84. The van der Waals surface area contributed by atoms with Crippen molar-refractivity contribution in [3.8, 4) is 0 Å². The average molecular weight is 248 g/mol. The summed E-state index contributed by atoms with van der Waals surface area (Å²) >= 11 is 0. The summed E-state index contributed by atoms with van der Waals surface area (Å²) in [7, 11) is 1.74. The molecule has 2 heterocycles. The lowest BCUT2D eigenvalue weighted by Crippen LogP contribution is -2.21. The molecule has 7 heteroatoms. The zero-order chi connectivity index (χ0) is 13.0. The van der Waals surface area contributed by atoms with E-state index in [2.05, 4.69) is 20.4 Å². The minimum Gasteiger partial charge on any atom is -0.353 e. The maximum absolute atomic E-state index is 13.6. The van der Waals surface area contributed by atoms with E-state index in [0.29, 0.717) is 6.54 Å². The van der Waals surface area contributed by atoms with Gasteiger partial charge in [0.15, 0.2) is 11.6 Å². The van der Waals surface area contributed by atoms with Gasteiger partial charge in [-0.15, -0.1) is 0 Å². The molecule has 0 aliphatic rings. The second kappa shape index (κ2) is 5.37. The van der Waals surface area contributed by atoms with Gasteiger partial charge in [0.25, 0.3) is 0 Å². The number of pyridine rings is 1. The number of anilines is 2. The van der Waals surface area contributed by atoms with E-state index in [0.717, 1.165) is 11.8 Å². The molecule has 0 bridgehead atoms. The molecule has 0 spiro atoms. The molecule has 0 radical (unpaired) electrons. The monoisotopic (exact) mass is 248 g/mol. The van der Waals surface area contributed by atoms with Crippen LogP contribution in [0.15, 0.2) is 30.7 Å². The van der Waals surface area contributed by atoms with Crippen LogP contribution >= 0.6 is 0 Å². The molecule has 0 saturated carbocycles. The molecule has 2 rings (SSSR count). The first-order chi connectivity index (χ1) is 8.70. The largest absolute Gasteiger partial charge is 0.353 e. The Morgan fingerprint density at radius 1 is 1.39 bits per heavy atom. The smallest absolute Gasteiger partial charge is 0.239 e. The van der Waals surface area contributed by atoms with Crippen molar-refractivity contribution in [2.24, 2.45) is 5.84 Å². The minimum atomic E-state index is -0.495. The van der Waals surface area contributed by atoms with Gasteiger partial charge in [-0.2, -0.15) is 4.98 Å². The van der Waals surface area contributed by atoms with Crippen LogP contribution in [0.3, 0.4) is 0 Å². The van der Waals surface area contributed by atoms with Crippen LogP contribution in [0.4, 0.5) is 16.2 Å². The fourth-order valence-corrected chi connectivity index (χ4v) is 1.53. The first kappa shape index (κ1) is 12.2. The van der Waals surface area contributed by atoms with Gasteiger partial charge in [0.1, 0.15) is 0 Å². The Morgan fingerprint density at radius 2 is 2.11 bits per heavy atom. The van der Waals surface area contributed by atoms with E-state index in [9.17, 15) is 4.39 Å². The number of nitrogen functional groups attached to an aromatic ring is 1. The Labute approximate surface area is 104 Å². The van der Waals surface area contributed by atoms with Crippen LogP contribution in [0.1, 0.15) is 5.56 Å². The van der Waals surface area contributed by atoms with Gasteiger partial charge in [0.05, 0.1) is 6.20 Å². The molecular weight excluding hydrogens is 235 g/mol. The summed E-state index contributed by atoms with van der Waals surface area (Å²) in [6, 6.07) is 3.72. The highest BCUT2D eigenvalue weighted by Crippen LogP contribution is 2.17. The van der Waals surface area contributed by atoms with Gasteiger partial charge in [-0.25, -0.2) is 15.2 Å². The summed E-state index contributed by atoms with van der Waals surface area (Å²) < 4.78 is 13.6. The summed E-state index contributed by atoms with van der Waals surface area (Å²) in [4.78, 5) is 13.3. The zero-order valence-corrected chi connectivity index (χ0v) is 9.84. The number of nitrogens with two attached hydrogens (primary N) is 1. The van der Waals surface area contributed by atoms with Gasteiger partial charge in [0, 0.05) is 26.0 Å². The quantitative estimate of drug-likeness (QED) is 0.619. The molecule has 0 aromatic carbocycles. The molecule has 2 aromatic rings. The number of aromatic nitrogens is 3. The van der Waals surface area contributed by atoms with Crippen LogP contribution in [0.25, 0.3) is 0 Å². The minimum absolute atomic E-state index is 0.174. The average Bonchev–Trinajstić information content (AvgIpc) is 2.40. The van der Waals surface area contributed by atoms with Crippen LogP contribution in [-0.4, -0.2) is 22.0 Å². The van der Waals surface area contributed by atoms with E-state index in [1.165, 1.54) is 0 Å². The molecule has 3 N–H and O–H groups in total. The van der Waals surface area contributed by atoms with Crippen LogP contribution in [0.2, 0.25) is 0 Å². The summed E-state index contributed by atoms with van der Waals surface area (Å²) in [5, 5.41) is 0. The lowest BCUT2D eigenvalue weighted by atomic mass is 10.2. The predicted octanol–water partition coefficient (Wildman–Crippen LogP) is 0.933. The van der Waals surface area contributed by atoms with E-state index in [1.54, 1.807) is 24.3 Å². The topological polar surface area (TPSA) is 80.0 Å². The van der Waals surface area contributed by atoms with Crippen molar-refractivity contribution in [2.75, 3.05) is 17.4 Å². The molecule has 0 fully saturated rings. The van der Waals surface area contributed by atoms with Crippen LogP contribution in [-0.2, 0) is 6.54 Å². The molecule has 0 atom stereocenters. The van der Waals surface area contributed by atoms with Gasteiger partial charge in [0.2, 0.25) is 5.95 Å². The molecule has 18 heavy (non-hydrogen) atoms. The Bertz CT molecular complexity index is 518. The number of nitrogens with zero attached hydrogens (tertiary/aromatic N) is 4. The lowest BCUT2D eigenvalue weighted by molar-refractivity contribution is 0.607. The van der Waals surface area contributed by atoms with Crippen molar-refractivity contribution in [3.63, 3.8) is 0 Å². The second-order valence-corrected chi connectivity index (χ2v) is 3.72. The third-order valence-corrected chi connectivity index (χ3v) is 2.39. The van der Waals surface area contributed by atoms with Crippen LogP contribution in [0.5, 0.6) is 0 Å². The van der Waals surface area contributed by atoms with Gasteiger partial charge < -0.3 is 4.90 Å². The summed E-state index contributed by atoms with van der Waals surface area (Å²) in [5.41, 5.74) is 3.29. The van der Waals surface area contributed by atoms with Gasteiger partial charge in [-0.1, -0.05) is 0 Å². The third-order valence-electron chi connectivity index (χ3n) is 2.39. The first-order valence-corrected chi connectivity index (χ1v) is 5.30. The van der Waals surface area contributed by atoms with Crippen molar-refractivity contribution in [1.82, 2.24) is 15.0 Å². The van der Waals surface area contributed by atoms with Crippen molar-refractivity contribution >= 4 is 11.8 Å². The van der Waals surface area contributed by atoms with Gasteiger partial charge >= 0.3 is 0 Å². The highest BCUT2D eigenvalue weighted by molar-refractivity contribution is 5.43. The Kier molecular flexibility index (Phi) is 3.63. The normalized spacial score (nSPS) is 10.2. The van der Waals surface area contributed by atoms with E-state index < -0.39 is 5.82 Å². The number of nitrogens with one attached hydrogen (secondary N) is 1. The number of hydrogen-bond acceptors (Lipinski definition) is 6. The van der Waals surface area contributed by atoms with Gasteiger partial charge in [-0.3, -0.25) is 10.4 Å². The Morgan fingerprint density at radius 3 is 2.78 bits per heavy atom. The van der Waals surface area contributed by atoms with Gasteiger partial charge in [-0.05, 0) is 17.7 Å². The molecule has 0 saturated heterocycles. The SMILES string of the molecule is CN(Cc1ccncc1)c1nc(NN)ncc1F. The Hall–Kier alpha value is -2.28. The van der Waals surface area contributed by atoms with Crippen molar-refractivity contribution in [2.45, 2.75) is 6.54 Å². The third kappa shape index (κ3) is 2.69. The lowest BCUT2D eigenvalue weighted by Gasteiger charge is -2.18. The maximum Gasteiger partial charge on any atom is 0.239 e. The highest BCUT2D eigenvalue weighted by Gasteiger charge is 2.11. The number of hydrazine groups is 1. The summed E-state index contributed by atoms with van der Waals surface area (Å²) in [6.45, 7) is 0.514. The van der Waals surface area contributed by atoms with E-state index in [4.69, 9.17) is 5.84 Å². The van der Waals surface area contributed by atoms with E-state index in [-0.39, 0.29) is 11.8 Å². The van der Waals surface area contributed by atoms with E-state index >= 15 is 0 Å². The molecule has 0 aliphatic heterocycles. The molecule has 0 amide bonds. The summed E-state index contributed by atoms with van der Waals surface area (Å²) in [6.07, 6.45) is 4.46. The van der Waals surface area contributed by atoms with Crippen molar-refractivity contribution in [3.05, 3.63) is 42.1 Å². The Balaban J connectivity index is 2.20. The predicted molar refractivity (Wildman–Crippen MR) is 66.1 cm³/mol. The summed E-state index contributed by atoms with van der Waals surface area (Å²) in [5.74, 6) is 5.07. The standard InChI is InChI=1S/C11H13FN6/c1-18(7-8-2-4-14-5-3-8)10-9(12)6-15-11(16-10)17-13/h2-6H,7,13H2,1H3,(H,15,16,17). The molecule has 6 nitrogen and oxygen atoms in total. The van der Waals surface area contributed by atoms with E-state index in [1.807, 2.05) is 12.1 Å². The van der Waals surface area contributed by atoms with Crippen molar-refractivity contribution < 1.29 is 4.39 Å². The maximum atomic E-state index is 13.6. The van der Waals surface area contributed by atoms with Crippen LogP contribution < -0.4 is 16.2 Å². The van der Waals surface area contributed by atoms with Crippen LogP contribution in [0, 0.1) is 5.82 Å². The fraction of sp³-hybridized carbons (Fsp3) is 0.182. The molecular formula is C11H13FN6. The first-order valence-electron chi connectivity index (χ1n) is 5.30.